The van der Waals surface area contributed by atoms with Crippen LogP contribution in [0.3, 0.4) is 0 Å². The SMILES string of the molecule is CC(=O)CC(=O)Cc1ccc(CN(C)C(=O)COCCCN(C)C(=O)CC(C)C)cc1. The first kappa shape index (κ1) is 26.5. The maximum Gasteiger partial charge on any atom is 0.248 e. The van der Waals surface area contributed by atoms with E-state index in [4.69, 9.17) is 4.74 Å². The van der Waals surface area contributed by atoms with Crippen molar-refractivity contribution in [3.05, 3.63) is 35.4 Å². The van der Waals surface area contributed by atoms with Crippen LogP contribution >= 0.6 is 0 Å². The number of ketones is 2. The first-order valence-electron chi connectivity index (χ1n) is 10.7. The number of amides is 2. The second kappa shape index (κ2) is 13.7. The molecule has 7 nitrogen and oxygen atoms in total. The molecule has 0 spiro atoms. The van der Waals surface area contributed by atoms with E-state index in [1.165, 1.54) is 6.92 Å². The molecule has 0 saturated carbocycles. The lowest BCUT2D eigenvalue weighted by atomic mass is 10.0. The monoisotopic (exact) mass is 432 g/mol. The number of benzene rings is 1. The van der Waals surface area contributed by atoms with Gasteiger partial charge >= 0.3 is 0 Å². The predicted octanol–water partition coefficient (Wildman–Crippen LogP) is 2.65. The van der Waals surface area contributed by atoms with Crippen molar-refractivity contribution in [3.63, 3.8) is 0 Å². The van der Waals surface area contributed by atoms with E-state index in [1.54, 1.807) is 23.9 Å². The smallest absolute Gasteiger partial charge is 0.248 e. The predicted molar refractivity (Wildman–Crippen MR) is 119 cm³/mol. The second-order valence-electron chi connectivity index (χ2n) is 8.48. The van der Waals surface area contributed by atoms with Gasteiger partial charge in [0, 0.05) is 46.6 Å². The summed E-state index contributed by atoms with van der Waals surface area (Å²) in [5, 5.41) is 0. The molecule has 0 aliphatic rings. The number of rotatable bonds is 14. The molecule has 0 atom stereocenters. The Balaban J connectivity index is 2.30. The number of nitrogens with zero attached hydrogens (tertiary/aromatic N) is 2. The molecule has 0 radical (unpaired) electrons. The minimum atomic E-state index is -0.129. The van der Waals surface area contributed by atoms with Gasteiger partial charge in [-0.1, -0.05) is 38.1 Å². The van der Waals surface area contributed by atoms with E-state index in [1.807, 2.05) is 38.1 Å². The molecular formula is C24H36N2O5. The average Bonchev–Trinajstić information content (AvgIpc) is 2.67. The van der Waals surface area contributed by atoms with Gasteiger partial charge in [0.1, 0.15) is 18.2 Å². The first-order chi connectivity index (χ1) is 14.6. The van der Waals surface area contributed by atoms with Crippen LogP contribution in [0.15, 0.2) is 24.3 Å². The summed E-state index contributed by atoms with van der Waals surface area (Å²) in [5.74, 6) is 0.116. The molecule has 0 saturated heterocycles. The summed E-state index contributed by atoms with van der Waals surface area (Å²) in [4.78, 5) is 50.2. The Morgan fingerprint density at radius 3 is 2.13 bits per heavy atom. The van der Waals surface area contributed by atoms with Gasteiger partial charge in [-0.15, -0.1) is 0 Å². The lowest BCUT2D eigenvalue weighted by molar-refractivity contribution is -0.136. The van der Waals surface area contributed by atoms with Gasteiger partial charge in [-0.3, -0.25) is 19.2 Å². The van der Waals surface area contributed by atoms with Gasteiger partial charge in [0.05, 0.1) is 6.42 Å². The molecule has 0 unspecified atom stereocenters. The third kappa shape index (κ3) is 11.4. The molecule has 0 fully saturated rings. The first-order valence-corrected chi connectivity index (χ1v) is 10.7. The quantitative estimate of drug-likeness (QED) is 0.333. The van der Waals surface area contributed by atoms with Crippen molar-refractivity contribution in [3.8, 4) is 0 Å². The fourth-order valence-electron chi connectivity index (χ4n) is 3.00. The molecule has 31 heavy (non-hydrogen) atoms. The number of ether oxygens (including phenoxy) is 1. The van der Waals surface area contributed by atoms with Gasteiger partial charge in [-0.25, -0.2) is 0 Å². The molecule has 0 bridgehead atoms. The number of carbonyl (C=O) groups excluding carboxylic acids is 4. The lowest BCUT2D eigenvalue weighted by Gasteiger charge is -2.19. The van der Waals surface area contributed by atoms with Crippen LogP contribution < -0.4 is 0 Å². The Labute approximate surface area is 185 Å². The van der Waals surface area contributed by atoms with Crippen LogP contribution in [-0.4, -0.2) is 67.0 Å². The summed E-state index contributed by atoms with van der Waals surface area (Å²) >= 11 is 0. The molecule has 0 aliphatic heterocycles. The molecule has 7 heteroatoms. The van der Waals surface area contributed by atoms with Crippen LogP contribution in [0.1, 0.15) is 51.2 Å². The Morgan fingerprint density at radius 2 is 1.55 bits per heavy atom. The third-order valence-electron chi connectivity index (χ3n) is 4.73. The van der Waals surface area contributed by atoms with Gasteiger partial charge < -0.3 is 14.5 Å². The molecule has 1 rings (SSSR count). The Kier molecular flexibility index (Phi) is 11.7. The van der Waals surface area contributed by atoms with Crippen molar-refractivity contribution >= 4 is 23.4 Å². The topological polar surface area (TPSA) is 84.0 Å². The number of carbonyl (C=O) groups is 4. The van der Waals surface area contributed by atoms with Crippen LogP contribution in [0.5, 0.6) is 0 Å². The zero-order chi connectivity index (χ0) is 23.4. The van der Waals surface area contributed by atoms with Crippen molar-refractivity contribution in [1.82, 2.24) is 9.80 Å². The summed E-state index contributed by atoms with van der Waals surface area (Å²) < 4.78 is 5.47. The summed E-state index contributed by atoms with van der Waals surface area (Å²) in [6.45, 7) is 6.91. The number of hydrogen-bond donors (Lipinski definition) is 0. The number of Topliss-reactive ketones (excluding diaryl/α,β-unsaturated/α-hetero) is 2. The van der Waals surface area contributed by atoms with Gasteiger partial charge in [0.15, 0.2) is 0 Å². The normalized spacial score (nSPS) is 10.8. The standard InChI is InChI=1S/C24H36N2O5/c1-18(2)13-23(29)25(4)11-6-12-31-17-24(30)26(5)16-21-9-7-20(8-10-21)15-22(28)14-19(3)27/h7-10,18H,6,11-17H2,1-5H3. The van der Waals surface area contributed by atoms with Crippen molar-refractivity contribution in [2.24, 2.45) is 5.92 Å². The van der Waals surface area contributed by atoms with E-state index in [9.17, 15) is 19.2 Å². The van der Waals surface area contributed by atoms with E-state index >= 15 is 0 Å². The summed E-state index contributed by atoms with van der Waals surface area (Å²) in [6.07, 6.45) is 1.42. The van der Waals surface area contributed by atoms with E-state index in [0.29, 0.717) is 38.5 Å². The van der Waals surface area contributed by atoms with E-state index in [0.717, 1.165) is 11.1 Å². The van der Waals surface area contributed by atoms with Crippen molar-refractivity contribution in [2.75, 3.05) is 33.9 Å². The molecule has 1 aromatic carbocycles. The highest BCUT2D eigenvalue weighted by molar-refractivity contribution is 5.98. The van der Waals surface area contributed by atoms with Crippen molar-refractivity contribution in [1.29, 1.82) is 0 Å². The Hall–Kier alpha value is -2.54. The minimum absolute atomic E-state index is 0.00220. The highest BCUT2D eigenvalue weighted by Gasteiger charge is 2.12. The van der Waals surface area contributed by atoms with Crippen LogP contribution in [0, 0.1) is 5.92 Å². The zero-order valence-corrected chi connectivity index (χ0v) is 19.5. The Morgan fingerprint density at radius 1 is 0.935 bits per heavy atom. The molecule has 2 amide bonds. The molecule has 0 heterocycles. The molecule has 0 N–H and O–H groups in total. The summed E-state index contributed by atoms with van der Waals surface area (Å²) in [5.41, 5.74) is 1.80. The summed E-state index contributed by atoms with van der Waals surface area (Å²) in [6, 6.07) is 7.45. The van der Waals surface area contributed by atoms with Gasteiger partial charge in [-0.05, 0) is 30.4 Å². The van der Waals surface area contributed by atoms with E-state index in [2.05, 4.69) is 0 Å². The van der Waals surface area contributed by atoms with Gasteiger partial charge in [0.25, 0.3) is 0 Å². The fraction of sp³-hybridized carbons (Fsp3) is 0.583. The third-order valence-corrected chi connectivity index (χ3v) is 4.73. The fourth-order valence-corrected chi connectivity index (χ4v) is 3.00. The highest BCUT2D eigenvalue weighted by atomic mass is 16.5. The Bertz CT molecular complexity index is 743. The van der Waals surface area contributed by atoms with Gasteiger partial charge in [0.2, 0.25) is 11.8 Å². The average molecular weight is 433 g/mol. The van der Waals surface area contributed by atoms with Crippen molar-refractivity contribution < 1.29 is 23.9 Å². The largest absolute Gasteiger partial charge is 0.372 e. The maximum atomic E-state index is 12.2. The van der Waals surface area contributed by atoms with Gasteiger partial charge in [-0.2, -0.15) is 0 Å². The summed E-state index contributed by atoms with van der Waals surface area (Å²) in [7, 11) is 3.50. The van der Waals surface area contributed by atoms with E-state index < -0.39 is 0 Å². The number of likely N-dealkylation sites (N-methyl/N-ethyl adjacent to an activating group) is 1. The molecule has 172 valence electrons. The maximum absolute atomic E-state index is 12.2. The molecular weight excluding hydrogens is 396 g/mol. The van der Waals surface area contributed by atoms with Crippen LogP contribution in [0.2, 0.25) is 0 Å². The van der Waals surface area contributed by atoms with Crippen LogP contribution in [0.25, 0.3) is 0 Å². The van der Waals surface area contributed by atoms with Crippen LogP contribution in [0.4, 0.5) is 0 Å². The lowest BCUT2D eigenvalue weighted by Crippen LogP contribution is -2.31. The van der Waals surface area contributed by atoms with Crippen molar-refractivity contribution in [2.45, 2.75) is 53.0 Å². The number of hydrogen-bond acceptors (Lipinski definition) is 5. The molecule has 1 aromatic rings. The van der Waals surface area contributed by atoms with Crippen LogP contribution in [-0.2, 0) is 36.9 Å². The molecule has 0 aromatic heterocycles. The second-order valence-corrected chi connectivity index (χ2v) is 8.48. The molecule has 0 aliphatic carbocycles. The zero-order valence-electron chi connectivity index (χ0n) is 19.5. The highest BCUT2D eigenvalue weighted by Crippen LogP contribution is 2.09. The van der Waals surface area contributed by atoms with E-state index in [-0.39, 0.29) is 42.8 Å². The minimum Gasteiger partial charge on any atom is -0.372 e.